The summed E-state index contributed by atoms with van der Waals surface area (Å²) >= 11 is 1.47. The van der Waals surface area contributed by atoms with E-state index >= 15 is 0 Å². The van der Waals surface area contributed by atoms with E-state index in [4.69, 9.17) is 0 Å². The van der Waals surface area contributed by atoms with Crippen LogP contribution < -0.4 is 10.9 Å². The lowest BCUT2D eigenvalue weighted by Crippen LogP contribution is -2.25. The van der Waals surface area contributed by atoms with Crippen LogP contribution in [0.25, 0.3) is 4.96 Å². The van der Waals surface area contributed by atoms with E-state index in [0.29, 0.717) is 17.4 Å². The van der Waals surface area contributed by atoms with Gasteiger partial charge in [0.05, 0.1) is 6.54 Å². The second-order valence-corrected chi connectivity index (χ2v) is 9.57. The van der Waals surface area contributed by atoms with Crippen molar-refractivity contribution in [1.29, 1.82) is 0 Å². The van der Waals surface area contributed by atoms with E-state index in [9.17, 15) is 4.79 Å². The fourth-order valence-electron chi connectivity index (χ4n) is 4.38. The fraction of sp³-hybridized carbons (Fsp3) is 0.522. The predicted octanol–water partition coefficient (Wildman–Crippen LogP) is 4.99. The van der Waals surface area contributed by atoms with Gasteiger partial charge < -0.3 is 5.32 Å². The third-order valence-corrected chi connectivity index (χ3v) is 6.84. The Kier molecular flexibility index (Phi) is 6.11. The Hall–Kier alpha value is -2.05. The van der Waals surface area contributed by atoms with Crippen LogP contribution >= 0.6 is 11.3 Å². The van der Waals surface area contributed by atoms with Crippen molar-refractivity contribution in [3.63, 3.8) is 0 Å². The molecule has 1 atom stereocenters. The molecule has 2 aromatic heterocycles. The van der Waals surface area contributed by atoms with Crippen LogP contribution in [0.4, 0.5) is 0 Å². The van der Waals surface area contributed by atoms with Crippen LogP contribution in [0, 0.1) is 12.8 Å². The van der Waals surface area contributed by atoms with Gasteiger partial charge in [-0.05, 0) is 42.7 Å². The molecule has 1 aliphatic carbocycles. The third kappa shape index (κ3) is 4.59. The standard InChI is InChI=1S/C23H30N4OS/c1-15(2)22(19-11-9-18(10-12-19)17-7-5-4-6-8-17)24-14-20-26-27-21(28)13-16(3)25-23(27)29-20/h9-13,15,17,22,24H,4-8,14H2,1-3H3. The van der Waals surface area contributed by atoms with Gasteiger partial charge in [-0.1, -0.05) is 68.7 Å². The van der Waals surface area contributed by atoms with E-state index in [2.05, 4.69) is 53.5 Å². The molecular formula is C23H30N4OS. The number of nitrogens with zero attached hydrogens (tertiary/aromatic N) is 3. The summed E-state index contributed by atoms with van der Waals surface area (Å²) in [5.74, 6) is 1.19. The number of nitrogens with one attached hydrogen (secondary N) is 1. The Balaban J connectivity index is 1.48. The van der Waals surface area contributed by atoms with Crippen LogP contribution in [0.1, 0.15) is 79.7 Å². The normalized spacial score (nSPS) is 16.6. The zero-order valence-corrected chi connectivity index (χ0v) is 18.3. The quantitative estimate of drug-likeness (QED) is 0.622. The van der Waals surface area contributed by atoms with Gasteiger partial charge in [0.1, 0.15) is 5.01 Å². The summed E-state index contributed by atoms with van der Waals surface area (Å²) < 4.78 is 1.40. The smallest absolute Gasteiger partial charge is 0.275 e. The number of benzene rings is 1. The molecule has 0 saturated heterocycles. The molecular weight excluding hydrogens is 380 g/mol. The van der Waals surface area contributed by atoms with Crippen molar-refractivity contribution in [3.05, 3.63) is 62.5 Å². The van der Waals surface area contributed by atoms with Crippen LogP contribution in [-0.2, 0) is 6.54 Å². The molecule has 0 radical (unpaired) electrons. The molecule has 0 spiro atoms. The first-order chi connectivity index (χ1) is 14.0. The van der Waals surface area contributed by atoms with Gasteiger partial charge in [-0.2, -0.15) is 9.61 Å². The van der Waals surface area contributed by atoms with Crippen LogP contribution in [0.5, 0.6) is 0 Å². The van der Waals surface area contributed by atoms with Crippen LogP contribution in [0.3, 0.4) is 0 Å². The highest BCUT2D eigenvalue weighted by Crippen LogP contribution is 2.33. The van der Waals surface area contributed by atoms with Crippen molar-refractivity contribution in [1.82, 2.24) is 19.9 Å². The molecule has 1 saturated carbocycles. The Morgan fingerprint density at radius 1 is 1.17 bits per heavy atom. The first-order valence-electron chi connectivity index (χ1n) is 10.7. The Morgan fingerprint density at radius 3 is 2.59 bits per heavy atom. The van der Waals surface area contributed by atoms with Gasteiger partial charge in [0.25, 0.3) is 5.56 Å². The molecule has 1 aromatic carbocycles. The van der Waals surface area contributed by atoms with Crippen LogP contribution in [0.2, 0.25) is 0 Å². The molecule has 1 unspecified atom stereocenters. The van der Waals surface area contributed by atoms with Crippen LogP contribution in [-0.4, -0.2) is 14.6 Å². The minimum absolute atomic E-state index is 0.117. The molecule has 5 nitrogen and oxygen atoms in total. The summed E-state index contributed by atoms with van der Waals surface area (Å²) in [6.07, 6.45) is 6.77. The summed E-state index contributed by atoms with van der Waals surface area (Å²) in [6.45, 7) is 6.94. The molecule has 29 heavy (non-hydrogen) atoms. The first kappa shape index (κ1) is 20.2. The average Bonchev–Trinajstić information content (AvgIpc) is 3.12. The van der Waals surface area contributed by atoms with E-state index in [-0.39, 0.29) is 11.6 Å². The third-order valence-electron chi connectivity index (χ3n) is 5.93. The highest BCUT2D eigenvalue weighted by atomic mass is 32.1. The second-order valence-electron chi connectivity index (χ2n) is 8.53. The molecule has 6 heteroatoms. The predicted molar refractivity (Wildman–Crippen MR) is 119 cm³/mol. The monoisotopic (exact) mass is 410 g/mol. The van der Waals surface area contributed by atoms with Crippen molar-refractivity contribution >= 4 is 16.3 Å². The van der Waals surface area contributed by atoms with Crippen molar-refractivity contribution in [2.45, 2.75) is 71.4 Å². The Bertz CT molecular complexity index is 1020. The van der Waals surface area contributed by atoms with Gasteiger partial charge in [-0.25, -0.2) is 4.98 Å². The maximum Gasteiger partial charge on any atom is 0.275 e. The lowest BCUT2D eigenvalue weighted by atomic mass is 9.83. The zero-order valence-electron chi connectivity index (χ0n) is 17.5. The van der Waals surface area contributed by atoms with Crippen molar-refractivity contribution in [2.24, 2.45) is 5.92 Å². The number of fused-ring (bicyclic) bond motifs is 1. The van der Waals surface area contributed by atoms with Gasteiger partial charge >= 0.3 is 0 Å². The van der Waals surface area contributed by atoms with Gasteiger partial charge in [-0.15, -0.1) is 0 Å². The molecule has 1 aliphatic rings. The van der Waals surface area contributed by atoms with Gasteiger partial charge in [0.2, 0.25) is 4.96 Å². The minimum atomic E-state index is -0.117. The molecule has 2 heterocycles. The SMILES string of the molecule is Cc1cc(=O)n2nc(CNC(c3ccc(C4CCCCC4)cc3)C(C)C)sc2n1. The molecule has 3 aromatic rings. The van der Waals surface area contributed by atoms with Crippen LogP contribution in [0.15, 0.2) is 35.1 Å². The van der Waals surface area contributed by atoms with Crippen molar-refractivity contribution in [2.75, 3.05) is 0 Å². The summed E-state index contributed by atoms with van der Waals surface area (Å²) in [5, 5.41) is 8.98. The maximum absolute atomic E-state index is 12.1. The molecule has 4 rings (SSSR count). The number of rotatable bonds is 6. The highest BCUT2D eigenvalue weighted by Gasteiger charge is 2.19. The topological polar surface area (TPSA) is 59.3 Å². The first-order valence-corrected chi connectivity index (χ1v) is 11.5. The van der Waals surface area contributed by atoms with Crippen molar-refractivity contribution in [3.8, 4) is 0 Å². The minimum Gasteiger partial charge on any atom is -0.303 e. The van der Waals surface area contributed by atoms with E-state index in [1.165, 1.54) is 65.1 Å². The largest absolute Gasteiger partial charge is 0.303 e. The van der Waals surface area contributed by atoms with Gasteiger partial charge in [-0.3, -0.25) is 4.79 Å². The Morgan fingerprint density at radius 2 is 1.90 bits per heavy atom. The molecule has 0 amide bonds. The molecule has 1 N–H and O–H groups in total. The second kappa shape index (κ2) is 8.76. The Labute approximate surface area is 176 Å². The van der Waals surface area contributed by atoms with E-state index in [1.807, 2.05) is 6.92 Å². The van der Waals surface area contributed by atoms with Crippen molar-refractivity contribution < 1.29 is 0 Å². The summed E-state index contributed by atoms with van der Waals surface area (Å²) in [4.78, 5) is 17.2. The molecule has 0 aliphatic heterocycles. The summed E-state index contributed by atoms with van der Waals surface area (Å²) in [5.41, 5.74) is 3.42. The number of hydrogen-bond donors (Lipinski definition) is 1. The summed E-state index contributed by atoms with van der Waals surface area (Å²) in [7, 11) is 0. The average molecular weight is 411 g/mol. The van der Waals surface area contributed by atoms with Gasteiger partial charge in [0, 0.05) is 17.8 Å². The lowest BCUT2D eigenvalue weighted by molar-refractivity contribution is 0.408. The van der Waals surface area contributed by atoms with Gasteiger partial charge in [0.15, 0.2) is 0 Å². The number of aromatic nitrogens is 3. The van der Waals surface area contributed by atoms with E-state index < -0.39 is 0 Å². The zero-order chi connectivity index (χ0) is 20.4. The fourth-order valence-corrected chi connectivity index (χ4v) is 5.27. The lowest BCUT2D eigenvalue weighted by Gasteiger charge is -2.25. The highest BCUT2D eigenvalue weighted by molar-refractivity contribution is 7.16. The molecule has 0 bridgehead atoms. The number of hydrogen-bond acceptors (Lipinski definition) is 5. The maximum atomic E-state index is 12.1. The summed E-state index contributed by atoms with van der Waals surface area (Å²) in [6, 6.07) is 11.0. The van der Waals surface area contributed by atoms with E-state index in [0.717, 1.165) is 16.6 Å². The number of aryl methyl sites for hydroxylation is 1. The molecule has 1 fully saturated rings. The molecule has 154 valence electrons. The van der Waals surface area contributed by atoms with E-state index in [1.54, 1.807) is 0 Å².